The topological polar surface area (TPSA) is 90.5 Å². The van der Waals surface area contributed by atoms with Crippen molar-refractivity contribution in [2.24, 2.45) is 0 Å². The monoisotopic (exact) mass is 326 g/mol. The molecule has 1 aromatic carbocycles. The molecule has 0 radical (unpaired) electrons. The lowest BCUT2D eigenvalue weighted by atomic mass is 9.87. The maximum absolute atomic E-state index is 10.1. The summed E-state index contributed by atoms with van der Waals surface area (Å²) in [4.78, 5) is 4.71. The first-order valence-corrected chi connectivity index (χ1v) is 8.18. The lowest BCUT2D eigenvalue weighted by Crippen LogP contribution is -2.75. The third-order valence-corrected chi connectivity index (χ3v) is 5.23. The number of aromatic hydroxyl groups is 1. The van der Waals surface area contributed by atoms with Gasteiger partial charge in [0.15, 0.2) is 5.82 Å². The molecule has 2 aliphatic heterocycles. The Morgan fingerprint density at radius 2 is 2.00 bits per heavy atom. The summed E-state index contributed by atoms with van der Waals surface area (Å²) in [5, 5.41) is 21.7. The molecule has 0 unspecified atom stereocenters. The first-order valence-electron chi connectivity index (χ1n) is 8.18. The number of hydrogen-bond donors (Lipinski definition) is 3. The number of phenols is 1. The maximum atomic E-state index is 10.1. The normalized spacial score (nSPS) is 20.1. The quantitative estimate of drug-likeness (QED) is 0.741. The van der Waals surface area contributed by atoms with Gasteiger partial charge in [0.25, 0.3) is 0 Å². The predicted molar refractivity (Wildman–Crippen MR) is 94.0 cm³/mol. The highest BCUT2D eigenvalue weighted by Crippen LogP contribution is 2.34. The van der Waals surface area contributed by atoms with E-state index < -0.39 is 0 Å². The third kappa shape index (κ3) is 2.37. The van der Waals surface area contributed by atoms with Gasteiger partial charge in [-0.1, -0.05) is 12.1 Å². The van der Waals surface area contributed by atoms with E-state index in [-0.39, 0.29) is 11.3 Å². The molecule has 3 heterocycles. The lowest BCUT2D eigenvalue weighted by molar-refractivity contribution is 0.0507. The molecule has 0 aliphatic carbocycles. The molecule has 4 N–H and O–H groups in total. The van der Waals surface area contributed by atoms with E-state index >= 15 is 0 Å². The van der Waals surface area contributed by atoms with Crippen LogP contribution < -0.4 is 16.0 Å². The SMILES string of the molecule is CN1CCN(c2cc(-c3ccccc3O)nnc2N)CC12CNC2. The molecular weight excluding hydrogens is 304 g/mol. The number of anilines is 2. The molecule has 0 amide bonds. The van der Waals surface area contributed by atoms with Crippen LogP contribution in [-0.4, -0.2) is 65.5 Å². The highest BCUT2D eigenvalue weighted by molar-refractivity contribution is 5.74. The van der Waals surface area contributed by atoms with Crippen molar-refractivity contribution in [1.82, 2.24) is 20.4 Å². The van der Waals surface area contributed by atoms with Crippen molar-refractivity contribution < 1.29 is 5.11 Å². The molecule has 0 atom stereocenters. The fourth-order valence-corrected chi connectivity index (χ4v) is 3.53. The summed E-state index contributed by atoms with van der Waals surface area (Å²) in [6, 6.07) is 9.08. The Hall–Kier alpha value is -2.38. The van der Waals surface area contributed by atoms with Crippen molar-refractivity contribution in [2.75, 3.05) is 50.4 Å². The molecule has 2 fully saturated rings. The van der Waals surface area contributed by atoms with Gasteiger partial charge < -0.3 is 21.1 Å². The Morgan fingerprint density at radius 1 is 1.21 bits per heavy atom. The number of phenolic OH excluding ortho intramolecular Hbond substituents is 1. The summed E-state index contributed by atoms with van der Waals surface area (Å²) >= 11 is 0. The van der Waals surface area contributed by atoms with Crippen molar-refractivity contribution in [2.45, 2.75) is 5.54 Å². The number of likely N-dealkylation sites (N-methyl/N-ethyl adjacent to an activating group) is 1. The van der Waals surface area contributed by atoms with Crippen LogP contribution in [-0.2, 0) is 0 Å². The Labute approximate surface area is 141 Å². The molecule has 2 aromatic rings. The number of aromatic nitrogens is 2. The maximum Gasteiger partial charge on any atom is 0.169 e. The van der Waals surface area contributed by atoms with Crippen molar-refractivity contribution in [3.63, 3.8) is 0 Å². The van der Waals surface area contributed by atoms with Gasteiger partial charge in [0.05, 0.1) is 16.9 Å². The van der Waals surface area contributed by atoms with Crippen molar-refractivity contribution in [1.29, 1.82) is 0 Å². The minimum absolute atomic E-state index is 0.170. The van der Waals surface area contributed by atoms with E-state index in [4.69, 9.17) is 5.73 Å². The number of piperazine rings is 1. The number of nitrogens with two attached hydrogens (primary N) is 1. The molecule has 126 valence electrons. The van der Waals surface area contributed by atoms with E-state index in [2.05, 4.69) is 32.4 Å². The molecule has 1 spiro atoms. The molecule has 0 bridgehead atoms. The summed E-state index contributed by atoms with van der Waals surface area (Å²) in [6.45, 7) is 4.77. The van der Waals surface area contributed by atoms with Gasteiger partial charge >= 0.3 is 0 Å². The minimum Gasteiger partial charge on any atom is -0.507 e. The van der Waals surface area contributed by atoms with E-state index in [1.165, 1.54) is 0 Å². The van der Waals surface area contributed by atoms with Crippen LogP contribution in [0.25, 0.3) is 11.3 Å². The largest absolute Gasteiger partial charge is 0.507 e. The lowest BCUT2D eigenvalue weighted by Gasteiger charge is -2.55. The van der Waals surface area contributed by atoms with Crippen LogP contribution in [0.2, 0.25) is 0 Å². The molecule has 0 saturated carbocycles. The zero-order valence-electron chi connectivity index (χ0n) is 13.7. The van der Waals surface area contributed by atoms with Gasteiger partial charge in [0.1, 0.15) is 5.75 Å². The molecule has 4 rings (SSSR count). The number of nitrogens with one attached hydrogen (secondary N) is 1. The molecule has 24 heavy (non-hydrogen) atoms. The molecular formula is C17H22N6O. The zero-order chi connectivity index (χ0) is 16.7. The van der Waals surface area contributed by atoms with Crippen LogP contribution in [0.15, 0.2) is 30.3 Å². The van der Waals surface area contributed by atoms with Gasteiger partial charge in [-0.25, -0.2) is 0 Å². The standard InChI is InChI=1S/C17H22N6O/c1-22-6-7-23(11-17(22)9-19-10-17)14-8-13(20-21-16(14)18)12-4-2-3-5-15(12)24/h2-5,8,19,24H,6-7,9-11H2,1H3,(H2,18,21). The average molecular weight is 326 g/mol. The average Bonchev–Trinajstić information content (AvgIpc) is 2.55. The minimum atomic E-state index is 0.170. The van der Waals surface area contributed by atoms with E-state index in [1.54, 1.807) is 12.1 Å². The number of nitrogens with zero attached hydrogens (tertiary/aromatic N) is 4. The second kappa shape index (κ2) is 5.61. The van der Waals surface area contributed by atoms with E-state index in [1.807, 2.05) is 18.2 Å². The Bertz CT molecular complexity index is 760. The summed E-state index contributed by atoms with van der Waals surface area (Å²) in [7, 11) is 2.18. The van der Waals surface area contributed by atoms with Crippen LogP contribution >= 0.6 is 0 Å². The molecule has 7 nitrogen and oxygen atoms in total. The highest BCUT2D eigenvalue weighted by Gasteiger charge is 2.45. The first-order chi connectivity index (χ1) is 11.6. The predicted octanol–water partition coefficient (Wildman–Crippen LogP) is 0.525. The number of rotatable bonds is 2. The van der Waals surface area contributed by atoms with Gasteiger partial charge in [0.2, 0.25) is 0 Å². The highest BCUT2D eigenvalue weighted by atomic mass is 16.3. The summed E-state index contributed by atoms with van der Waals surface area (Å²) < 4.78 is 0. The van der Waals surface area contributed by atoms with Gasteiger partial charge in [-0.3, -0.25) is 4.90 Å². The van der Waals surface area contributed by atoms with Gasteiger partial charge in [-0.05, 0) is 25.2 Å². The van der Waals surface area contributed by atoms with Crippen LogP contribution in [0.1, 0.15) is 0 Å². The summed E-state index contributed by atoms with van der Waals surface area (Å²) in [5.41, 5.74) is 8.48. The molecule has 2 aliphatic rings. The van der Waals surface area contributed by atoms with Gasteiger partial charge in [0, 0.05) is 38.3 Å². The zero-order valence-corrected chi connectivity index (χ0v) is 13.7. The number of nitrogen functional groups attached to an aromatic ring is 1. The fourth-order valence-electron chi connectivity index (χ4n) is 3.53. The number of hydrogen-bond acceptors (Lipinski definition) is 7. The smallest absolute Gasteiger partial charge is 0.169 e. The third-order valence-electron chi connectivity index (χ3n) is 5.23. The summed E-state index contributed by atoms with van der Waals surface area (Å²) in [5.74, 6) is 0.627. The van der Waals surface area contributed by atoms with Crippen LogP contribution in [0.5, 0.6) is 5.75 Å². The van der Waals surface area contributed by atoms with Gasteiger partial charge in [-0.15, -0.1) is 10.2 Å². The first kappa shape index (κ1) is 15.2. The van der Waals surface area contributed by atoms with Crippen LogP contribution in [0, 0.1) is 0 Å². The Kier molecular flexibility index (Phi) is 3.54. The Balaban J connectivity index is 1.68. The molecule has 2 saturated heterocycles. The second-order valence-corrected chi connectivity index (χ2v) is 6.69. The number of benzene rings is 1. The van der Waals surface area contributed by atoms with Gasteiger partial charge in [-0.2, -0.15) is 0 Å². The molecule has 1 aromatic heterocycles. The van der Waals surface area contributed by atoms with Crippen LogP contribution in [0.3, 0.4) is 0 Å². The van der Waals surface area contributed by atoms with Crippen molar-refractivity contribution in [3.05, 3.63) is 30.3 Å². The van der Waals surface area contributed by atoms with Crippen molar-refractivity contribution >= 4 is 11.5 Å². The van der Waals surface area contributed by atoms with E-state index in [0.29, 0.717) is 17.1 Å². The van der Waals surface area contributed by atoms with Crippen molar-refractivity contribution in [3.8, 4) is 17.0 Å². The van der Waals surface area contributed by atoms with E-state index in [0.717, 1.165) is 38.4 Å². The van der Waals surface area contributed by atoms with Crippen LogP contribution in [0.4, 0.5) is 11.5 Å². The Morgan fingerprint density at radius 3 is 2.71 bits per heavy atom. The summed E-state index contributed by atoms with van der Waals surface area (Å²) in [6.07, 6.45) is 0. The fraction of sp³-hybridized carbons (Fsp3) is 0.412. The number of para-hydroxylation sites is 1. The van der Waals surface area contributed by atoms with E-state index in [9.17, 15) is 5.11 Å². The second-order valence-electron chi connectivity index (χ2n) is 6.69. The molecule has 7 heteroatoms.